The molecule has 5 rings (SSSR count). The monoisotopic (exact) mass is 407 g/mol. The van der Waals surface area contributed by atoms with E-state index in [-0.39, 0.29) is 18.4 Å². The first-order valence-electron chi connectivity index (χ1n) is 10.5. The fourth-order valence-electron chi connectivity index (χ4n) is 4.36. The van der Waals surface area contributed by atoms with Crippen LogP contribution in [0, 0.1) is 0 Å². The highest BCUT2D eigenvalue weighted by molar-refractivity contribution is 5.84. The zero-order valence-electron chi connectivity index (χ0n) is 16.8. The number of hydrogen-bond acceptors (Lipinski definition) is 5. The first kappa shape index (κ1) is 18.8. The Morgan fingerprint density at radius 2 is 1.57 bits per heavy atom. The van der Waals surface area contributed by atoms with Gasteiger partial charge in [-0.05, 0) is 30.2 Å². The molecule has 0 spiro atoms. The highest BCUT2D eigenvalue weighted by Gasteiger charge is 2.34. The lowest BCUT2D eigenvalue weighted by Gasteiger charge is -2.37. The minimum absolute atomic E-state index is 0.0786. The van der Waals surface area contributed by atoms with Gasteiger partial charge < -0.3 is 24.2 Å². The van der Waals surface area contributed by atoms with Crippen molar-refractivity contribution >= 4 is 17.5 Å². The molecule has 0 radical (unpaired) electrons. The number of carbonyl (C=O) groups excluding carboxylic acids is 2. The van der Waals surface area contributed by atoms with E-state index in [0.29, 0.717) is 44.2 Å². The number of carbonyl (C=O) groups is 2. The minimum Gasteiger partial charge on any atom is -0.485 e. The average molecular weight is 407 g/mol. The second kappa shape index (κ2) is 7.89. The van der Waals surface area contributed by atoms with Gasteiger partial charge in [0.05, 0.1) is 6.54 Å². The van der Waals surface area contributed by atoms with Crippen molar-refractivity contribution in [2.45, 2.75) is 12.5 Å². The van der Waals surface area contributed by atoms with E-state index in [0.717, 1.165) is 18.7 Å². The third kappa shape index (κ3) is 3.56. The van der Waals surface area contributed by atoms with Gasteiger partial charge in [0, 0.05) is 38.4 Å². The first-order chi connectivity index (χ1) is 14.7. The summed E-state index contributed by atoms with van der Waals surface area (Å²) in [7, 11) is 0. The van der Waals surface area contributed by atoms with Crippen LogP contribution in [0.15, 0.2) is 48.5 Å². The van der Waals surface area contributed by atoms with Crippen molar-refractivity contribution in [2.75, 3.05) is 50.8 Å². The molecule has 156 valence electrons. The molecule has 2 aromatic carbocycles. The molecule has 2 amide bonds. The number of rotatable bonds is 3. The van der Waals surface area contributed by atoms with Crippen LogP contribution >= 0.6 is 0 Å². The molecule has 7 nitrogen and oxygen atoms in total. The van der Waals surface area contributed by atoms with Crippen molar-refractivity contribution in [1.82, 2.24) is 9.80 Å². The maximum atomic E-state index is 12.9. The standard InChI is InChI=1S/C23H25N3O4/c27-22(15-26-10-9-17-5-1-2-6-18(17)26)24-11-13-25(14-12-24)23(28)21-16-29-19-7-3-4-8-20(19)30-21/h1-8,21H,9-16H2/t21-/m1/s1. The molecule has 0 bridgehead atoms. The van der Waals surface area contributed by atoms with Crippen LogP contribution in [-0.4, -0.2) is 73.6 Å². The van der Waals surface area contributed by atoms with Crippen molar-refractivity contribution in [3.63, 3.8) is 0 Å². The number of anilines is 1. The van der Waals surface area contributed by atoms with Crippen molar-refractivity contribution in [2.24, 2.45) is 0 Å². The lowest BCUT2D eigenvalue weighted by molar-refractivity contribution is -0.145. The van der Waals surface area contributed by atoms with E-state index in [9.17, 15) is 9.59 Å². The Morgan fingerprint density at radius 3 is 2.40 bits per heavy atom. The fraction of sp³-hybridized carbons (Fsp3) is 0.391. The van der Waals surface area contributed by atoms with Crippen LogP contribution in [0.3, 0.4) is 0 Å². The average Bonchev–Trinajstić information content (AvgIpc) is 3.21. The smallest absolute Gasteiger partial charge is 0.267 e. The molecule has 2 aromatic rings. The van der Waals surface area contributed by atoms with E-state index in [1.54, 1.807) is 4.90 Å². The molecule has 0 aromatic heterocycles. The summed E-state index contributed by atoms with van der Waals surface area (Å²) < 4.78 is 11.5. The highest BCUT2D eigenvalue weighted by Crippen LogP contribution is 2.31. The van der Waals surface area contributed by atoms with Crippen LogP contribution in [0.2, 0.25) is 0 Å². The van der Waals surface area contributed by atoms with Gasteiger partial charge >= 0.3 is 0 Å². The van der Waals surface area contributed by atoms with Crippen molar-refractivity contribution in [3.8, 4) is 11.5 Å². The maximum absolute atomic E-state index is 12.9. The maximum Gasteiger partial charge on any atom is 0.267 e. The molecule has 0 aliphatic carbocycles. The van der Waals surface area contributed by atoms with Crippen molar-refractivity contribution in [1.29, 1.82) is 0 Å². The molecule has 3 aliphatic heterocycles. The Balaban J connectivity index is 1.14. The summed E-state index contributed by atoms with van der Waals surface area (Å²) in [5, 5.41) is 0. The number of piperazine rings is 1. The van der Waals surface area contributed by atoms with Gasteiger partial charge in [-0.25, -0.2) is 0 Å². The Labute approximate surface area is 175 Å². The van der Waals surface area contributed by atoms with Gasteiger partial charge in [0.15, 0.2) is 11.5 Å². The molecule has 7 heteroatoms. The van der Waals surface area contributed by atoms with Gasteiger partial charge in [0.2, 0.25) is 12.0 Å². The van der Waals surface area contributed by atoms with Crippen molar-refractivity contribution in [3.05, 3.63) is 54.1 Å². The molecule has 1 fully saturated rings. The van der Waals surface area contributed by atoms with Gasteiger partial charge in [-0.2, -0.15) is 0 Å². The predicted octanol–water partition coefficient (Wildman–Crippen LogP) is 1.56. The second-order valence-electron chi connectivity index (χ2n) is 7.87. The van der Waals surface area contributed by atoms with Gasteiger partial charge in [-0.1, -0.05) is 30.3 Å². The van der Waals surface area contributed by atoms with Gasteiger partial charge in [0.25, 0.3) is 5.91 Å². The Bertz CT molecular complexity index is 955. The van der Waals surface area contributed by atoms with E-state index in [2.05, 4.69) is 17.0 Å². The van der Waals surface area contributed by atoms with Crippen molar-refractivity contribution < 1.29 is 19.1 Å². The first-order valence-corrected chi connectivity index (χ1v) is 10.5. The lowest BCUT2D eigenvalue weighted by atomic mass is 10.2. The Hall–Kier alpha value is -3.22. The molecule has 1 saturated heterocycles. The molecule has 3 heterocycles. The van der Waals surface area contributed by atoms with Gasteiger partial charge in [-0.15, -0.1) is 0 Å². The van der Waals surface area contributed by atoms with E-state index >= 15 is 0 Å². The summed E-state index contributed by atoms with van der Waals surface area (Å²) in [6.07, 6.45) is 0.349. The van der Waals surface area contributed by atoms with E-state index in [1.165, 1.54) is 5.56 Å². The van der Waals surface area contributed by atoms with Crippen LogP contribution in [-0.2, 0) is 16.0 Å². The van der Waals surface area contributed by atoms with Crippen LogP contribution < -0.4 is 14.4 Å². The van der Waals surface area contributed by atoms with Gasteiger partial charge in [0.1, 0.15) is 6.61 Å². The number of hydrogen-bond donors (Lipinski definition) is 0. The van der Waals surface area contributed by atoms with Crippen LogP contribution in [0.25, 0.3) is 0 Å². The molecule has 1 atom stereocenters. The second-order valence-corrected chi connectivity index (χ2v) is 7.87. The summed E-state index contributed by atoms with van der Waals surface area (Å²) in [5.41, 5.74) is 2.46. The third-order valence-electron chi connectivity index (χ3n) is 6.04. The quantitative estimate of drug-likeness (QED) is 0.773. The largest absolute Gasteiger partial charge is 0.485 e. The van der Waals surface area contributed by atoms with Crippen LogP contribution in [0.5, 0.6) is 11.5 Å². The van der Waals surface area contributed by atoms with Crippen LogP contribution in [0.4, 0.5) is 5.69 Å². The zero-order valence-corrected chi connectivity index (χ0v) is 16.8. The summed E-state index contributed by atoms with van der Waals surface area (Å²) in [6.45, 7) is 3.61. The zero-order chi connectivity index (χ0) is 20.5. The lowest BCUT2D eigenvalue weighted by Crippen LogP contribution is -2.56. The number of para-hydroxylation sites is 3. The number of fused-ring (bicyclic) bond motifs is 2. The molecule has 0 unspecified atom stereocenters. The number of nitrogens with zero attached hydrogens (tertiary/aromatic N) is 3. The predicted molar refractivity (Wildman–Crippen MR) is 112 cm³/mol. The van der Waals surface area contributed by atoms with E-state index in [1.807, 2.05) is 41.3 Å². The molecule has 0 N–H and O–H groups in total. The van der Waals surface area contributed by atoms with Gasteiger partial charge in [-0.3, -0.25) is 9.59 Å². The Morgan fingerprint density at radius 1 is 0.867 bits per heavy atom. The molecule has 3 aliphatic rings. The molecule has 30 heavy (non-hydrogen) atoms. The Kier molecular flexibility index (Phi) is 4.94. The minimum atomic E-state index is -0.636. The number of benzene rings is 2. The summed E-state index contributed by atoms with van der Waals surface area (Å²) in [4.78, 5) is 31.5. The fourth-order valence-corrected chi connectivity index (χ4v) is 4.36. The van der Waals surface area contributed by atoms with E-state index in [4.69, 9.17) is 9.47 Å². The SMILES string of the molecule is O=C(CN1CCc2ccccc21)N1CCN(C(=O)[C@H]2COc3ccccc3O2)CC1. The highest BCUT2D eigenvalue weighted by atomic mass is 16.6. The summed E-state index contributed by atoms with van der Waals surface area (Å²) >= 11 is 0. The summed E-state index contributed by atoms with van der Waals surface area (Å²) in [6, 6.07) is 15.6. The molecular formula is C23H25N3O4. The molecular weight excluding hydrogens is 382 g/mol. The molecule has 0 saturated carbocycles. The summed E-state index contributed by atoms with van der Waals surface area (Å²) in [5.74, 6) is 1.30. The topological polar surface area (TPSA) is 62.3 Å². The van der Waals surface area contributed by atoms with Crippen LogP contribution in [0.1, 0.15) is 5.56 Å². The third-order valence-corrected chi connectivity index (χ3v) is 6.04. The number of ether oxygens (including phenoxy) is 2. The van der Waals surface area contributed by atoms with E-state index < -0.39 is 6.10 Å². The number of amides is 2. The normalized spacial score (nSPS) is 20.1.